The number of rotatable bonds is 4. The number of para-hydroxylation sites is 2. The van der Waals surface area contributed by atoms with Crippen LogP contribution in [-0.2, 0) is 17.8 Å². The fraction of sp³-hybridized carbons (Fsp3) is 0.167. The highest BCUT2D eigenvalue weighted by Crippen LogP contribution is 2.23. The Balaban J connectivity index is 1.65. The first-order chi connectivity index (χ1) is 10.8. The Hall–Kier alpha value is -2.75. The Bertz CT molecular complexity index is 723. The van der Waals surface area contributed by atoms with E-state index in [9.17, 15) is 4.79 Å². The van der Waals surface area contributed by atoms with Gasteiger partial charge in [0.25, 0.3) is 0 Å². The van der Waals surface area contributed by atoms with Crippen molar-refractivity contribution in [2.75, 3.05) is 12.4 Å². The van der Waals surface area contributed by atoms with Crippen molar-refractivity contribution in [3.05, 3.63) is 71.4 Å². The van der Waals surface area contributed by atoms with Crippen LogP contribution in [0.25, 0.3) is 0 Å². The molecule has 2 aromatic rings. The number of nitrogens with one attached hydrogen (secondary N) is 2. The molecule has 0 aromatic heterocycles. The summed E-state index contributed by atoms with van der Waals surface area (Å²) < 4.78 is 5.29. The lowest BCUT2D eigenvalue weighted by Crippen LogP contribution is -2.27. The summed E-state index contributed by atoms with van der Waals surface area (Å²) in [6.45, 7) is 0.446. The quantitative estimate of drug-likeness (QED) is 0.911. The minimum Gasteiger partial charge on any atom is -0.496 e. The van der Waals surface area contributed by atoms with Crippen LogP contribution >= 0.6 is 0 Å². The molecule has 0 unspecified atom stereocenters. The molecule has 0 saturated carbocycles. The molecule has 4 nitrogen and oxygen atoms in total. The van der Waals surface area contributed by atoms with Gasteiger partial charge in [-0.25, -0.2) is 0 Å². The minimum atomic E-state index is -0.0621. The van der Waals surface area contributed by atoms with Gasteiger partial charge in [-0.2, -0.15) is 0 Å². The first-order valence-electron chi connectivity index (χ1n) is 7.21. The van der Waals surface area contributed by atoms with E-state index in [0.29, 0.717) is 13.0 Å². The van der Waals surface area contributed by atoms with Crippen LogP contribution in [0.3, 0.4) is 0 Å². The lowest BCUT2D eigenvalue weighted by atomic mass is 10.0. The van der Waals surface area contributed by atoms with Crippen LogP contribution in [-0.4, -0.2) is 13.0 Å². The highest BCUT2D eigenvalue weighted by molar-refractivity contribution is 5.95. The predicted octanol–water partition coefficient (Wildman–Crippen LogP) is 2.86. The lowest BCUT2D eigenvalue weighted by molar-refractivity contribution is -0.117. The topological polar surface area (TPSA) is 50.4 Å². The molecule has 1 amide bonds. The summed E-state index contributed by atoms with van der Waals surface area (Å²) in [5.74, 6) is 0.719. The van der Waals surface area contributed by atoms with Crippen molar-refractivity contribution >= 4 is 11.6 Å². The summed E-state index contributed by atoms with van der Waals surface area (Å²) >= 11 is 0. The van der Waals surface area contributed by atoms with Crippen molar-refractivity contribution in [1.29, 1.82) is 0 Å². The summed E-state index contributed by atoms with van der Waals surface area (Å²) in [5.41, 5.74) is 3.88. The van der Waals surface area contributed by atoms with Gasteiger partial charge in [0.15, 0.2) is 0 Å². The number of anilines is 1. The second-order valence-electron chi connectivity index (χ2n) is 5.14. The van der Waals surface area contributed by atoms with Crippen LogP contribution in [0.4, 0.5) is 5.69 Å². The number of carbonyl (C=O) groups excluding carboxylic acids is 1. The van der Waals surface area contributed by atoms with Gasteiger partial charge < -0.3 is 15.4 Å². The highest BCUT2D eigenvalue weighted by Gasteiger charge is 2.16. The number of hydrogen-bond donors (Lipinski definition) is 2. The van der Waals surface area contributed by atoms with Crippen LogP contribution in [0.5, 0.6) is 5.75 Å². The van der Waals surface area contributed by atoms with E-state index in [1.54, 1.807) is 13.3 Å². The Morgan fingerprint density at radius 2 is 1.95 bits per heavy atom. The molecule has 2 N–H and O–H groups in total. The predicted molar refractivity (Wildman–Crippen MR) is 86.7 cm³/mol. The average Bonchev–Trinajstić information content (AvgIpc) is 2.59. The van der Waals surface area contributed by atoms with Gasteiger partial charge in [-0.05, 0) is 17.7 Å². The van der Waals surface area contributed by atoms with E-state index in [-0.39, 0.29) is 5.91 Å². The zero-order chi connectivity index (χ0) is 15.4. The molecule has 0 atom stereocenters. The Morgan fingerprint density at radius 1 is 1.18 bits per heavy atom. The molecule has 22 heavy (non-hydrogen) atoms. The standard InChI is InChI=1S/C18H18N2O2/c1-22-17-9-5-3-7-14(17)11-20-18(21)15-10-13-6-2-4-8-16(13)19-12-15/h2-9,12,19H,10-11H2,1H3,(H,20,21). The third kappa shape index (κ3) is 2.96. The monoisotopic (exact) mass is 294 g/mol. The molecule has 0 radical (unpaired) electrons. The molecular formula is C18H18N2O2. The molecule has 1 aliphatic rings. The zero-order valence-electron chi connectivity index (χ0n) is 12.4. The number of amides is 1. The van der Waals surface area contributed by atoms with E-state index in [4.69, 9.17) is 4.74 Å². The molecule has 1 aliphatic heterocycles. The van der Waals surface area contributed by atoms with Gasteiger partial charge in [-0.3, -0.25) is 4.79 Å². The minimum absolute atomic E-state index is 0.0621. The van der Waals surface area contributed by atoms with Crippen molar-refractivity contribution in [2.45, 2.75) is 13.0 Å². The van der Waals surface area contributed by atoms with E-state index in [1.165, 1.54) is 0 Å². The first-order valence-corrected chi connectivity index (χ1v) is 7.21. The molecule has 0 fully saturated rings. The number of methoxy groups -OCH3 is 1. The summed E-state index contributed by atoms with van der Waals surface area (Å²) in [6.07, 6.45) is 2.42. The summed E-state index contributed by atoms with van der Waals surface area (Å²) in [4.78, 5) is 12.3. The zero-order valence-corrected chi connectivity index (χ0v) is 12.4. The Morgan fingerprint density at radius 3 is 2.82 bits per heavy atom. The van der Waals surface area contributed by atoms with E-state index in [0.717, 1.165) is 28.1 Å². The maximum Gasteiger partial charge on any atom is 0.249 e. The maximum absolute atomic E-state index is 12.3. The fourth-order valence-electron chi connectivity index (χ4n) is 2.52. The van der Waals surface area contributed by atoms with Crippen molar-refractivity contribution in [2.24, 2.45) is 0 Å². The van der Waals surface area contributed by atoms with Gasteiger partial charge in [-0.15, -0.1) is 0 Å². The first kappa shape index (κ1) is 14.2. The van der Waals surface area contributed by atoms with Crippen LogP contribution in [0, 0.1) is 0 Å². The third-order valence-electron chi connectivity index (χ3n) is 3.72. The van der Waals surface area contributed by atoms with Crippen molar-refractivity contribution < 1.29 is 9.53 Å². The SMILES string of the molecule is COc1ccccc1CNC(=O)C1=CNc2ccccc2C1. The van der Waals surface area contributed by atoms with E-state index < -0.39 is 0 Å². The van der Waals surface area contributed by atoms with Crippen molar-refractivity contribution in [3.8, 4) is 5.75 Å². The average molecular weight is 294 g/mol. The number of carbonyl (C=O) groups is 1. The summed E-state index contributed by atoms with van der Waals surface area (Å²) in [7, 11) is 1.63. The fourth-order valence-corrected chi connectivity index (χ4v) is 2.52. The van der Waals surface area contributed by atoms with Gasteiger partial charge in [0, 0.05) is 36.0 Å². The van der Waals surface area contributed by atoms with Gasteiger partial charge >= 0.3 is 0 Å². The normalized spacial score (nSPS) is 12.7. The number of fused-ring (bicyclic) bond motifs is 1. The van der Waals surface area contributed by atoms with Crippen molar-refractivity contribution in [3.63, 3.8) is 0 Å². The van der Waals surface area contributed by atoms with Crippen LogP contribution < -0.4 is 15.4 Å². The number of benzene rings is 2. The summed E-state index contributed by atoms with van der Waals surface area (Å²) in [5, 5.41) is 6.11. The third-order valence-corrected chi connectivity index (χ3v) is 3.72. The lowest BCUT2D eigenvalue weighted by Gasteiger charge is -2.18. The molecule has 3 rings (SSSR count). The Kier molecular flexibility index (Phi) is 4.10. The van der Waals surface area contributed by atoms with Gasteiger partial charge in [-0.1, -0.05) is 36.4 Å². The number of hydrogen-bond acceptors (Lipinski definition) is 3. The van der Waals surface area contributed by atoms with Gasteiger partial charge in [0.2, 0.25) is 5.91 Å². The van der Waals surface area contributed by atoms with Crippen LogP contribution in [0.1, 0.15) is 11.1 Å². The van der Waals surface area contributed by atoms with E-state index in [1.807, 2.05) is 48.5 Å². The molecule has 2 aromatic carbocycles. The smallest absolute Gasteiger partial charge is 0.249 e. The molecule has 0 spiro atoms. The molecule has 0 aliphatic carbocycles. The van der Waals surface area contributed by atoms with Gasteiger partial charge in [0.05, 0.1) is 7.11 Å². The van der Waals surface area contributed by atoms with E-state index >= 15 is 0 Å². The molecule has 4 heteroatoms. The molecular weight excluding hydrogens is 276 g/mol. The highest BCUT2D eigenvalue weighted by atomic mass is 16.5. The molecule has 112 valence electrons. The Labute approximate surface area is 129 Å². The van der Waals surface area contributed by atoms with Gasteiger partial charge in [0.1, 0.15) is 5.75 Å². The molecule has 0 bridgehead atoms. The molecule has 1 heterocycles. The maximum atomic E-state index is 12.3. The van der Waals surface area contributed by atoms with Crippen LogP contribution in [0.15, 0.2) is 60.3 Å². The molecule has 0 saturated heterocycles. The van der Waals surface area contributed by atoms with Crippen molar-refractivity contribution in [1.82, 2.24) is 5.32 Å². The second kappa shape index (κ2) is 6.35. The summed E-state index contributed by atoms with van der Waals surface area (Å²) in [6, 6.07) is 15.7. The van der Waals surface area contributed by atoms with E-state index in [2.05, 4.69) is 10.6 Å². The second-order valence-corrected chi connectivity index (χ2v) is 5.14. The largest absolute Gasteiger partial charge is 0.496 e. The number of ether oxygens (including phenoxy) is 1. The van der Waals surface area contributed by atoms with Crippen LogP contribution in [0.2, 0.25) is 0 Å².